The molecule has 1 aliphatic rings. The fraction of sp³-hybridized carbons (Fsp3) is 0.769. The number of nitrogens with zero attached hydrogens (tertiary/aromatic N) is 2. The predicted octanol–water partition coefficient (Wildman–Crippen LogP) is 2.13. The van der Waals surface area contributed by atoms with Crippen LogP contribution < -0.4 is 5.32 Å². The van der Waals surface area contributed by atoms with Crippen LogP contribution in [0.15, 0.2) is 12.4 Å². The molecule has 1 fully saturated rings. The molecule has 16 heavy (non-hydrogen) atoms. The summed E-state index contributed by atoms with van der Waals surface area (Å²) in [7, 11) is 2.06. The van der Waals surface area contributed by atoms with Gasteiger partial charge in [0.2, 0.25) is 0 Å². The van der Waals surface area contributed by atoms with Crippen molar-refractivity contribution in [2.75, 3.05) is 6.54 Å². The number of rotatable bonds is 4. The Kier molecular flexibility index (Phi) is 3.99. The van der Waals surface area contributed by atoms with E-state index >= 15 is 0 Å². The molecule has 1 N–H and O–H groups in total. The lowest BCUT2D eigenvalue weighted by atomic mass is 9.87. The molecule has 1 aromatic rings. The molecule has 90 valence electrons. The molecule has 2 rings (SSSR count). The molecular formula is C13H23N3. The van der Waals surface area contributed by atoms with Crippen LogP contribution in [-0.4, -0.2) is 22.1 Å². The Bertz CT molecular complexity index is 319. The molecule has 0 aromatic carbocycles. The number of hydrogen-bond donors (Lipinski definition) is 1. The SMILES string of the molecule is CC1CCCC(NCCc2nccn2C)C1. The average molecular weight is 221 g/mol. The molecule has 0 amide bonds. The molecule has 2 unspecified atom stereocenters. The molecule has 2 atom stereocenters. The van der Waals surface area contributed by atoms with Crippen LogP contribution in [0.3, 0.4) is 0 Å². The van der Waals surface area contributed by atoms with Crippen LogP contribution in [0.1, 0.15) is 38.4 Å². The molecule has 3 nitrogen and oxygen atoms in total. The second kappa shape index (κ2) is 5.48. The lowest BCUT2D eigenvalue weighted by molar-refractivity contribution is 0.302. The second-order valence-electron chi connectivity index (χ2n) is 5.13. The van der Waals surface area contributed by atoms with E-state index in [1.54, 1.807) is 0 Å². The van der Waals surface area contributed by atoms with E-state index in [-0.39, 0.29) is 0 Å². The normalized spacial score (nSPS) is 25.9. The highest BCUT2D eigenvalue weighted by atomic mass is 15.0. The first-order valence-corrected chi connectivity index (χ1v) is 6.45. The third-order valence-electron chi connectivity index (χ3n) is 3.64. The molecular weight excluding hydrogens is 198 g/mol. The maximum absolute atomic E-state index is 4.34. The Hall–Kier alpha value is -0.830. The highest BCUT2D eigenvalue weighted by molar-refractivity contribution is 4.92. The summed E-state index contributed by atoms with van der Waals surface area (Å²) >= 11 is 0. The quantitative estimate of drug-likeness (QED) is 0.844. The van der Waals surface area contributed by atoms with Gasteiger partial charge in [-0.2, -0.15) is 0 Å². The minimum absolute atomic E-state index is 0.740. The standard InChI is InChI=1S/C13H23N3/c1-11-4-3-5-12(10-11)14-7-6-13-15-8-9-16(13)2/h8-9,11-12,14H,3-7,10H2,1-2H3. The summed E-state index contributed by atoms with van der Waals surface area (Å²) in [6.07, 6.45) is 10.4. The average Bonchev–Trinajstić information content (AvgIpc) is 2.65. The Morgan fingerprint density at radius 1 is 1.50 bits per heavy atom. The third-order valence-corrected chi connectivity index (χ3v) is 3.64. The minimum atomic E-state index is 0.740. The van der Waals surface area contributed by atoms with Gasteiger partial charge < -0.3 is 9.88 Å². The topological polar surface area (TPSA) is 29.9 Å². The minimum Gasteiger partial charge on any atom is -0.338 e. The van der Waals surface area contributed by atoms with Crippen molar-refractivity contribution < 1.29 is 0 Å². The van der Waals surface area contributed by atoms with Crippen molar-refractivity contribution >= 4 is 0 Å². The van der Waals surface area contributed by atoms with Crippen molar-refractivity contribution in [2.24, 2.45) is 13.0 Å². The van der Waals surface area contributed by atoms with Crippen LogP contribution in [0.4, 0.5) is 0 Å². The van der Waals surface area contributed by atoms with Gasteiger partial charge in [-0.25, -0.2) is 4.98 Å². The first kappa shape index (κ1) is 11.6. The van der Waals surface area contributed by atoms with E-state index < -0.39 is 0 Å². The maximum atomic E-state index is 4.34. The maximum Gasteiger partial charge on any atom is 0.109 e. The Labute approximate surface area is 98.3 Å². The van der Waals surface area contributed by atoms with E-state index in [9.17, 15) is 0 Å². The summed E-state index contributed by atoms with van der Waals surface area (Å²) in [4.78, 5) is 4.34. The van der Waals surface area contributed by atoms with Crippen molar-refractivity contribution in [3.63, 3.8) is 0 Å². The summed E-state index contributed by atoms with van der Waals surface area (Å²) in [5, 5.41) is 3.66. The fourth-order valence-electron chi connectivity index (χ4n) is 2.64. The van der Waals surface area contributed by atoms with Crippen molar-refractivity contribution in [2.45, 2.75) is 45.1 Å². The van der Waals surface area contributed by atoms with Crippen LogP contribution >= 0.6 is 0 Å². The second-order valence-corrected chi connectivity index (χ2v) is 5.13. The van der Waals surface area contributed by atoms with Gasteiger partial charge in [0.25, 0.3) is 0 Å². The first-order chi connectivity index (χ1) is 7.75. The molecule has 1 aromatic heterocycles. The van der Waals surface area contributed by atoms with E-state index in [4.69, 9.17) is 0 Å². The fourth-order valence-corrected chi connectivity index (χ4v) is 2.64. The molecule has 0 bridgehead atoms. The van der Waals surface area contributed by atoms with E-state index in [1.807, 2.05) is 12.4 Å². The van der Waals surface area contributed by atoms with Crippen molar-refractivity contribution in [3.05, 3.63) is 18.2 Å². The Morgan fingerprint density at radius 2 is 2.38 bits per heavy atom. The molecule has 0 spiro atoms. The summed E-state index contributed by atoms with van der Waals surface area (Å²) in [6.45, 7) is 3.43. The molecule has 0 radical (unpaired) electrons. The van der Waals surface area contributed by atoms with Gasteiger partial charge in [0.05, 0.1) is 0 Å². The molecule has 1 aliphatic carbocycles. The summed E-state index contributed by atoms with van der Waals surface area (Å²) in [6, 6.07) is 0.740. The largest absolute Gasteiger partial charge is 0.338 e. The number of hydrogen-bond acceptors (Lipinski definition) is 2. The van der Waals surface area contributed by atoms with Crippen molar-refractivity contribution in [1.82, 2.24) is 14.9 Å². The lowest BCUT2D eigenvalue weighted by Gasteiger charge is -2.27. The van der Waals surface area contributed by atoms with E-state index in [2.05, 4.69) is 28.8 Å². The van der Waals surface area contributed by atoms with E-state index in [0.29, 0.717) is 0 Å². The monoisotopic (exact) mass is 221 g/mol. The number of imidazole rings is 1. The van der Waals surface area contributed by atoms with Gasteiger partial charge >= 0.3 is 0 Å². The van der Waals surface area contributed by atoms with E-state index in [0.717, 1.165) is 24.9 Å². The van der Waals surface area contributed by atoms with Gasteiger partial charge in [-0.3, -0.25) is 0 Å². The van der Waals surface area contributed by atoms with Gasteiger partial charge in [-0.1, -0.05) is 19.8 Å². The summed E-state index contributed by atoms with van der Waals surface area (Å²) in [5.74, 6) is 2.08. The van der Waals surface area contributed by atoms with Crippen LogP contribution in [0.2, 0.25) is 0 Å². The predicted molar refractivity (Wildman–Crippen MR) is 66.3 cm³/mol. The number of aromatic nitrogens is 2. The van der Waals surface area contributed by atoms with Gasteiger partial charge in [0.15, 0.2) is 0 Å². The first-order valence-electron chi connectivity index (χ1n) is 6.45. The zero-order valence-electron chi connectivity index (χ0n) is 10.4. The van der Waals surface area contributed by atoms with Gasteiger partial charge in [-0.05, 0) is 18.8 Å². The third kappa shape index (κ3) is 3.08. The zero-order valence-corrected chi connectivity index (χ0v) is 10.4. The molecule has 3 heteroatoms. The summed E-state index contributed by atoms with van der Waals surface area (Å²) in [5.41, 5.74) is 0. The van der Waals surface area contributed by atoms with Crippen molar-refractivity contribution in [1.29, 1.82) is 0 Å². The van der Waals surface area contributed by atoms with Gasteiger partial charge in [0, 0.05) is 38.4 Å². The smallest absolute Gasteiger partial charge is 0.109 e. The van der Waals surface area contributed by atoms with Crippen LogP contribution in [0.5, 0.6) is 0 Å². The van der Waals surface area contributed by atoms with Crippen LogP contribution in [-0.2, 0) is 13.5 Å². The summed E-state index contributed by atoms with van der Waals surface area (Å²) < 4.78 is 2.10. The molecule has 1 saturated carbocycles. The Balaban J connectivity index is 1.70. The lowest BCUT2D eigenvalue weighted by Crippen LogP contribution is -2.35. The molecule has 0 saturated heterocycles. The highest BCUT2D eigenvalue weighted by Crippen LogP contribution is 2.23. The molecule has 1 heterocycles. The Morgan fingerprint density at radius 3 is 3.06 bits per heavy atom. The highest BCUT2D eigenvalue weighted by Gasteiger charge is 2.17. The number of aryl methyl sites for hydroxylation is 1. The molecule has 0 aliphatic heterocycles. The van der Waals surface area contributed by atoms with Crippen LogP contribution in [0, 0.1) is 5.92 Å². The van der Waals surface area contributed by atoms with Gasteiger partial charge in [0.1, 0.15) is 5.82 Å². The number of nitrogens with one attached hydrogen (secondary N) is 1. The van der Waals surface area contributed by atoms with Crippen molar-refractivity contribution in [3.8, 4) is 0 Å². The van der Waals surface area contributed by atoms with Crippen LogP contribution in [0.25, 0.3) is 0 Å². The van der Waals surface area contributed by atoms with E-state index in [1.165, 1.54) is 31.5 Å². The van der Waals surface area contributed by atoms with Gasteiger partial charge in [-0.15, -0.1) is 0 Å². The zero-order chi connectivity index (χ0) is 11.4.